The smallest absolute Gasteiger partial charge is 0.0503 e. The van der Waals surface area contributed by atoms with Crippen molar-refractivity contribution >= 4 is 0 Å². The van der Waals surface area contributed by atoms with E-state index in [0.717, 1.165) is 48.7 Å². The van der Waals surface area contributed by atoms with Crippen molar-refractivity contribution in [1.29, 1.82) is 0 Å². The predicted octanol–water partition coefficient (Wildman–Crippen LogP) is 13.6. The zero-order chi connectivity index (χ0) is 30.0. The van der Waals surface area contributed by atoms with Crippen molar-refractivity contribution in [3.05, 3.63) is 23.3 Å². The summed E-state index contributed by atoms with van der Waals surface area (Å²) in [4.78, 5) is 0. The second kappa shape index (κ2) is 21.3. The van der Waals surface area contributed by atoms with Crippen LogP contribution in [0.2, 0.25) is 0 Å². The van der Waals surface area contributed by atoms with Crippen LogP contribution in [0.5, 0.6) is 0 Å². The molecule has 0 radical (unpaired) electrons. The van der Waals surface area contributed by atoms with Crippen LogP contribution in [0, 0.1) is 35.5 Å². The summed E-state index contributed by atoms with van der Waals surface area (Å²) in [6.07, 6.45) is 45.6. The molecule has 0 spiro atoms. The molecule has 1 heteroatoms. The summed E-state index contributed by atoms with van der Waals surface area (Å²) >= 11 is 0. The summed E-state index contributed by atoms with van der Waals surface area (Å²) < 4.78 is 6.13. The van der Waals surface area contributed by atoms with Crippen LogP contribution in [0.1, 0.15) is 194 Å². The molecule has 2 saturated carbocycles. The highest BCUT2D eigenvalue weighted by atomic mass is 16.5. The van der Waals surface area contributed by atoms with Crippen molar-refractivity contribution in [1.82, 2.24) is 0 Å². The molecule has 0 aliphatic heterocycles. The molecule has 2 fully saturated rings. The topological polar surface area (TPSA) is 9.23 Å². The Morgan fingerprint density at radius 3 is 1.14 bits per heavy atom. The monoisotopic (exact) mass is 595 g/mol. The van der Waals surface area contributed by atoms with Gasteiger partial charge in [0.1, 0.15) is 0 Å². The van der Waals surface area contributed by atoms with Crippen LogP contribution in [-0.2, 0) is 4.74 Å². The summed E-state index contributed by atoms with van der Waals surface area (Å²) in [5, 5.41) is 0. The van der Waals surface area contributed by atoms with Gasteiger partial charge in [0.05, 0.1) is 13.2 Å². The first-order valence-electron chi connectivity index (χ1n) is 20.1. The van der Waals surface area contributed by atoms with Crippen LogP contribution in [0.15, 0.2) is 23.3 Å². The van der Waals surface area contributed by atoms with Crippen molar-refractivity contribution in [2.24, 2.45) is 35.5 Å². The third kappa shape index (κ3) is 14.2. The first-order chi connectivity index (χ1) is 21.2. The lowest BCUT2D eigenvalue weighted by atomic mass is 9.77. The van der Waals surface area contributed by atoms with Gasteiger partial charge in [-0.05, 0) is 86.9 Å². The molecule has 4 rings (SSSR count). The second-order valence-corrected chi connectivity index (χ2v) is 16.0. The molecule has 0 saturated heterocycles. The molecule has 0 bridgehead atoms. The van der Waals surface area contributed by atoms with Gasteiger partial charge in [-0.2, -0.15) is 0 Å². The maximum absolute atomic E-state index is 6.13. The Kier molecular flexibility index (Phi) is 17.5. The minimum absolute atomic E-state index is 0.938. The van der Waals surface area contributed by atoms with Gasteiger partial charge < -0.3 is 4.74 Å². The quantitative estimate of drug-likeness (QED) is 0.101. The van der Waals surface area contributed by atoms with Gasteiger partial charge in [0.2, 0.25) is 0 Å². The van der Waals surface area contributed by atoms with Crippen LogP contribution in [0.25, 0.3) is 0 Å². The van der Waals surface area contributed by atoms with Crippen molar-refractivity contribution < 1.29 is 4.74 Å². The molecule has 2 atom stereocenters. The van der Waals surface area contributed by atoms with Crippen molar-refractivity contribution in [3.8, 4) is 0 Å². The van der Waals surface area contributed by atoms with E-state index in [9.17, 15) is 0 Å². The zero-order valence-electron chi connectivity index (χ0n) is 29.2. The molecular formula is C42H74O. The van der Waals surface area contributed by atoms with Gasteiger partial charge in [-0.3, -0.25) is 0 Å². The van der Waals surface area contributed by atoms with E-state index in [1.807, 2.05) is 0 Å². The number of rotatable bonds is 20. The lowest BCUT2D eigenvalue weighted by Crippen LogP contribution is -2.15. The molecule has 4 aliphatic carbocycles. The van der Waals surface area contributed by atoms with Crippen molar-refractivity contribution in [3.63, 3.8) is 0 Å². The Balaban J connectivity index is 0.950. The summed E-state index contributed by atoms with van der Waals surface area (Å²) in [5.41, 5.74) is 3.37. The number of hydrogen-bond acceptors (Lipinski definition) is 1. The highest BCUT2D eigenvalue weighted by molar-refractivity contribution is 5.07. The molecular weight excluding hydrogens is 520 g/mol. The first-order valence-corrected chi connectivity index (χ1v) is 20.1. The molecule has 0 aromatic rings. The normalized spacial score (nSPS) is 30.2. The fourth-order valence-electron chi connectivity index (χ4n) is 9.37. The largest absolute Gasteiger partial charge is 0.381 e. The number of ether oxygens (including phenoxy) is 1. The van der Waals surface area contributed by atoms with Gasteiger partial charge in [-0.25, -0.2) is 0 Å². The van der Waals surface area contributed by atoms with E-state index in [1.165, 1.54) is 180 Å². The van der Waals surface area contributed by atoms with Crippen molar-refractivity contribution in [2.75, 3.05) is 13.2 Å². The number of allylic oxidation sites excluding steroid dienone is 2. The minimum Gasteiger partial charge on any atom is -0.381 e. The molecule has 0 aromatic heterocycles. The Hall–Kier alpha value is -0.560. The number of unbranched alkanes of at least 4 members (excludes halogenated alkanes) is 2. The maximum atomic E-state index is 6.13. The highest BCUT2D eigenvalue weighted by Crippen LogP contribution is 2.37. The zero-order valence-corrected chi connectivity index (χ0v) is 29.2. The van der Waals surface area contributed by atoms with Crippen LogP contribution in [0.3, 0.4) is 0 Å². The van der Waals surface area contributed by atoms with E-state index < -0.39 is 0 Å². The Labute approximate surface area is 269 Å². The summed E-state index contributed by atoms with van der Waals surface area (Å²) in [6.45, 7) is 6.56. The van der Waals surface area contributed by atoms with E-state index in [4.69, 9.17) is 4.74 Å². The Bertz CT molecular complexity index is 698. The highest BCUT2D eigenvalue weighted by Gasteiger charge is 2.23. The first kappa shape index (κ1) is 35.3. The van der Waals surface area contributed by atoms with E-state index in [-0.39, 0.29) is 0 Å². The average molecular weight is 595 g/mol. The lowest BCUT2D eigenvalue weighted by molar-refractivity contribution is 0.138. The van der Waals surface area contributed by atoms with E-state index in [0.29, 0.717) is 0 Å². The predicted molar refractivity (Wildman–Crippen MR) is 189 cm³/mol. The van der Waals surface area contributed by atoms with E-state index in [1.54, 1.807) is 11.1 Å². The third-order valence-electron chi connectivity index (χ3n) is 12.7. The molecule has 4 aliphatic rings. The second-order valence-electron chi connectivity index (χ2n) is 16.0. The molecule has 0 heterocycles. The van der Waals surface area contributed by atoms with Crippen LogP contribution in [-0.4, -0.2) is 13.2 Å². The Morgan fingerprint density at radius 1 is 0.465 bits per heavy atom. The average Bonchev–Trinajstić information content (AvgIpc) is 3.05. The standard InChI is InChI=1S/C42H74O/c1-3-5-9-35-15-19-37(20-16-35)11-7-13-39-23-27-41(28-24-39)31-33-43-34-32-42-29-25-40(26-30-42)14-8-12-38-21-17-36(18-22-38)10-6-4-2/h27,29,35-40H,3-26,28,30-34H2,1-2H3. The molecule has 2 unspecified atom stereocenters. The van der Waals surface area contributed by atoms with Crippen LogP contribution >= 0.6 is 0 Å². The molecule has 0 aromatic carbocycles. The summed E-state index contributed by atoms with van der Waals surface area (Å²) in [6, 6.07) is 0. The minimum atomic E-state index is 0.938. The van der Waals surface area contributed by atoms with Gasteiger partial charge in [-0.15, -0.1) is 0 Å². The lowest BCUT2D eigenvalue weighted by Gasteiger charge is -2.29. The van der Waals surface area contributed by atoms with Gasteiger partial charge in [0.25, 0.3) is 0 Å². The Morgan fingerprint density at radius 2 is 0.814 bits per heavy atom. The number of hydrogen-bond donors (Lipinski definition) is 0. The van der Waals surface area contributed by atoms with E-state index in [2.05, 4.69) is 26.0 Å². The van der Waals surface area contributed by atoms with Gasteiger partial charge in [0.15, 0.2) is 0 Å². The fraction of sp³-hybridized carbons (Fsp3) is 0.905. The fourth-order valence-corrected chi connectivity index (χ4v) is 9.37. The third-order valence-corrected chi connectivity index (χ3v) is 12.7. The van der Waals surface area contributed by atoms with Gasteiger partial charge in [0, 0.05) is 0 Å². The summed E-state index contributed by atoms with van der Waals surface area (Å²) in [5.74, 6) is 6.15. The summed E-state index contributed by atoms with van der Waals surface area (Å²) in [7, 11) is 0. The molecule has 1 nitrogen and oxygen atoms in total. The molecule has 43 heavy (non-hydrogen) atoms. The van der Waals surface area contributed by atoms with Crippen LogP contribution in [0.4, 0.5) is 0 Å². The van der Waals surface area contributed by atoms with Crippen molar-refractivity contribution in [2.45, 2.75) is 194 Å². The SMILES string of the molecule is CCCCC1CCC(CCCC2CC=C(CCOCCC3=CCC(CCCC4CCC(CCCC)CC4)CC3)CC2)CC1. The maximum Gasteiger partial charge on any atom is 0.0503 e. The van der Waals surface area contributed by atoms with Gasteiger partial charge in [-0.1, -0.05) is 166 Å². The molecule has 0 amide bonds. The molecule has 248 valence electrons. The van der Waals surface area contributed by atoms with Crippen LogP contribution < -0.4 is 0 Å². The van der Waals surface area contributed by atoms with E-state index >= 15 is 0 Å². The molecule has 0 N–H and O–H groups in total. The van der Waals surface area contributed by atoms with Gasteiger partial charge >= 0.3 is 0 Å².